The summed E-state index contributed by atoms with van der Waals surface area (Å²) in [5.74, 6) is 3.10. The highest BCUT2D eigenvalue weighted by molar-refractivity contribution is 14.0. The van der Waals surface area contributed by atoms with Gasteiger partial charge in [-0.25, -0.2) is 0 Å². The van der Waals surface area contributed by atoms with Crippen LogP contribution in [-0.2, 0) is 20.6 Å². The summed E-state index contributed by atoms with van der Waals surface area (Å²) in [5.41, 5.74) is 0. The number of hydrogen-bond donors (Lipinski definition) is 1. The van der Waals surface area contributed by atoms with Gasteiger partial charge in [0.15, 0.2) is 5.96 Å². The van der Waals surface area contributed by atoms with Crippen molar-refractivity contribution in [2.75, 3.05) is 66.3 Å². The minimum atomic E-state index is 0. The molecule has 0 spiro atoms. The number of halogens is 1. The maximum absolute atomic E-state index is 5.72. The van der Waals surface area contributed by atoms with Gasteiger partial charge in [0.2, 0.25) is 0 Å². The number of hydrogen-bond acceptors (Lipinski definition) is 5. The molecule has 0 amide bonds. The Morgan fingerprint density at radius 2 is 2.25 bits per heavy atom. The number of rotatable bonds is 10. The molecule has 2 fully saturated rings. The van der Waals surface area contributed by atoms with Gasteiger partial charge in [-0.1, -0.05) is 0 Å². The van der Waals surface area contributed by atoms with Gasteiger partial charge in [-0.15, -0.1) is 24.0 Å². The van der Waals surface area contributed by atoms with Crippen LogP contribution in [0.4, 0.5) is 0 Å². The van der Waals surface area contributed by atoms with Gasteiger partial charge < -0.3 is 28.8 Å². The third-order valence-electron chi connectivity index (χ3n) is 5.13. The second-order valence-electron chi connectivity index (χ2n) is 7.32. The highest BCUT2D eigenvalue weighted by atomic mass is 127. The molecule has 3 heterocycles. The van der Waals surface area contributed by atoms with E-state index in [0.29, 0.717) is 25.0 Å². The van der Waals surface area contributed by atoms with Gasteiger partial charge in [0, 0.05) is 58.2 Å². The minimum Gasteiger partial charge on any atom is -0.469 e. The second-order valence-corrected chi connectivity index (χ2v) is 7.32. The Morgan fingerprint density at radius 3 is 3.00 bits per heavy atom. The number of furan rings is 1. The summed E-state index contributed by atoms with van der Waals surface area (Å²) in [6.45, 7) is 7.46. The first-order valence-electron chi connectivity index (χ1n) is 10.0. The summed E-state index contributed by atoms with van der Waals surface area (Å²) in [7, 11) is 1.70. The Kier molecular flexibility index (Phi) is 11.2. The summed E-state index contributed by atoms with van der Waals surface area (Å²) < 4.78 is 21.7. The lowest BCUT2D eigenvalue weighted by Crippen LogP contribution is -2.41. The fourth-order valence-electron chi connectivity index (χ4n) is 3.52. The van der Waals surface area contributed by atoms with Crippen LogP contribution in [0.2, 0.25) is 0 Å². The molecule has 2 unspecified atom stereocenters. The van der Waals surface area contributed by atoms with E-state index in [2.05, 4.69) is 10.2 Å². The number of guanidine groups is 1. The van der Waals surface area contributed by atoms with Crippen molar-refractivity contribution in [2.45, 2.75) is 19.3 Å². The van der Waals surface area contributed by atoms with Gasteiger partial charge in [-0.3, -0.25) is 4.99 Å². The van der Waals surface area contributed by atoms with Crippen LogP contribution in [0, 0.1) is 11.8 Å². The summed E-state index contributed by atoms with van der Waals surface area (Å²) in [6, 6.07) is 3.94. The van der Waals surface area contributed by atoms with Crippen molar-refractivity contribution >= 4 is 29.9 Å². The monoisotopic (exact) mass is 507 g/mol. The molecule has 0 aromatic carbocycles. The molecule has 160 valence electrons. The molecule has 2 aliphatic rings. The van der Waals surface area contributed by atoms with Crippen molar-refractivity contribution in [3.05, 3.63) is 24.2 Å². The normalized spacial score (nSPS) is 22.5. The summed E-state index contributed by atoms with van der Waals surface area (Å²) in [6.07, 6.45) is 4.83. The first-order valence-corrected chi connectivity index (χ1v) is 10.0. The van der Waals surface area contributed by atoms with E-state index in [1.54, 1.807) is 13.4 Å². The Balaban J connectivity index is 0.00000280. The molecule has 1 N–H and O–H groups in total. The van der Waals surface area contributed by atoms with Crippen molar-refractivity contribution in [2.24, 2.45) is 16.8 Å². The van der Waals surface area contributed by atoms with E-state index in [0.717, 1.165) is 77.0 Å². The molecule has 1 aromatic rings. The Bertz CT molecular complexity index is 550. The van der Waals surface area contributed by atoms with Crippen LogP contribution in [0.1, 0.15) is 18.6 Å². The van der Waals surface area contributed by atoms with Gasteiger partial charge in [0.25, 0.3) is 0 Å². The first-order chi connectivity index (χ1) is 13.3. The van der Waals surface area contributed by atoms with Crippen molar-refractivity contribution in [3.8, 4) is 0 Å². The van der Waals surface area contributed by atoms with Gasteiger partial charge in [0.1, 0.15) is 5.76 Å². The van der Waals surface area contributed by atoms with Crippen LogP contribution in [-0.4, -0.2) is 77.2 Å². The zero-order chi connectivity index (χ0) is 18.7. The summed E-state index contributed by atoms with van der Waals surface area (Å²) >= 11 is 0. The first kappa shape index (κ1) is 23.4. The molecular formula is C20H34IN3O4. The van der Waals surface area contributed by atoms with Crippen LogP contribution in [0.5, 0.6) is 0 Å². The molecule has 2 aliphatic heterocycles. The summed E-state index contributed by atoms with van der Waals surface area (Å²) in [4.78, 5) is 7.27. The van der Waals surface area contributed by atoms with Crippen molar-refractivity contribution in [3.63, 3.8) is 0 Å². The lowest BCUT2D eigenvalue weighted by molar-refractivity contribution is 0.0536. The van der Waals surface area contributed by atoms with Crippen LogP contribution in [0.25, 0.3) is 0 Å². The Morgan fingerprint density at radius 1 is 1.32 bits per heavy atom. The van der Waals surface area contributed by atoms with E-state index in [-0.39, 0.29) is 24.0 Å². The predicted octanol–water partition coefficient (Wildman–Crippen LogP) is 2.41. The Hall–Kier alpha value is -0.840. The van der Waals surface area contributed by atoms with Gasteiger partial charge >= 0.3 is 0 Å². The molecule has 7 nitrogen and oxygen atoms in total. The lowest BCUT2D eigenvalue weighted by atomic mass is 10.1. The number of likely N-dealkylation sites (tertiary alicyclic amines) is 1. The molecule has 0 radical (unpaired) electrons. The summed E-state index contributed by atoms with van der Waals surface area (Å²) in [5, 5.41) is 3.54. The van der Waals surface area contributed by atoms with Crippen LogP contribution < -0.4 is 5.32 Å². The van der Waals surface area contributed by atoms with Crippen LogP contribution in [0.15, 0.2) is 27.8 Å². The van der Waals surface area contributed by atoms with E-state index in [4.69, 9.17) is 23.6 Å². The zero-order valence-electron chi connectivity index (χ0n) is 16.8. The number of methoxy groups -OCH3 is 1. The molecule has 0 saturated carbocycles. The predicted molar refractivity (Wildman–Crippen MR) is 119 cm³/mol. The molecule has 2 atom stereocenters. The lowest BCUT2D eigenvalue weighted by Gasteiger charge is -2.22. The van der Waals surface area contributed by atoms with Gasteiger partial charge in [0.05, 0.1) is 32.7 Å². The average molecular weight is 507 g/mol. The van der Waals surface area contributed by atoms with E-state index >= 15 is 0 Å². The quantitative estimate of drug-likeness (QED) is 0.227. The standard InChI is InChI=1S/C20H33N3O4.HI/c1-24-11-12-26-16-18-5-8-23(14-18)20(22-13-17-6-10-25-15-17)21-7-4-19-3-2-9-27-19;/h2-3,9,17-18H,4-8,10-16H2,1H3,(H,21,22);1H. The van der Waals surface area contributed by atoms with E-state index in [1.165, 1.54) is 0 Å². The third kappa shape index (κ3) is 7.88. The SMILES string of the molecule is COCCOCC1CCN(C(=NCC2CCOC2)NCCc2ccco2)C1.I. The van der Waals surface area contributed by atoms with Crippen molar-refractivity contribution < 1.29 is 18.6 Å². The maximum atomic E-state index is 5.72. The van der Waals surface area contributed by atoms with Gasteiger partial charge in [-0.05, 0) is 25.0 Å². The maximum Gasteiger partial charge on any atom is 0.193 e. The largest absolute Gasteiger partial charge is 0.469 e. The Labute approximate surface area is 185 Å². The highest BCUT2D eigenvalue weighted by Gasteiger charge is 2.25. The topological polar surface area (TPSA) is 68.5 Å². The number of nitrogens with one attached hydrogen (secondary N) is 1. The number of ether oxygens (including phenoxy) is 3. The molecule has 0 aliphatic carbocycles. The molecular weight excluding hydrogens is 473 g/mol. The smallest absolute Gasteiger partial charge is 0.193 e. The molecule has 2 saturated heterocycles. The van der Waals surface area contributed by atoms with E-state index in [9.17, 15) is 0 Å². The molecule has 1 aromatic heterocycles. The van der Waals surface area contributed by atoms with E-state index in [1.807, 2.05) is 12.1 Å². The van der Waals surface area contributed by atoms with E-state index < -0.39 is 0 Å². The third-order valence-corrected chi connectivity index (χ3v) is 5.13. The van der Waals surface area contributed by atoms with Crippen molar-refractivity contribution in [1.82, 2.24) is 10.2 Å². The highest BCUT2D eigenvalue weighted by Crippen LogP contribution is 2.18. The van der Waals surface area contributed by atoms with Gasteiger partial charge in [-0.2, -0.15) is 0 Å². The number of aliphatic imine (C=N–C) groups is 1. The minimum absolute atomic E-state index is 0. The molecule has 28 heavy (non-hydrogen) atoms. The molecule has 8 heteroatoms. The van der Waals surface area contributed by atoms with Crippen molar-refractivity contribution in [1.29, 1.82) is 0 Å². The van der Waals surface area contributed by atoms with Crippen LogP contribution >= 0.6 is 24.0 Å². The fraction of sp³-hybridized carbons (Fsp3) is 0.750. The molecule has 0 bridgehead atoms. The fourth-order valence-corrected chi connectivity index (χ4v) is 3.52. The molecule has 3 rings (SSSR count). The zero-order valence-corrected chi connectivity index (χ0v) is 19.1. The van der Waals surface area contributed by atoms with Crippen LogP contribution in [0.3, 0.4) is 0 Å². The second kappa shape index (κ2) is 13.4. The number of nitrogens with zero attached hydrogens (tertiary/aromatic N) is 2. The average Bonchev–Trinajstić information content (AvgIpc) is 3.44.